The molecule has 0 N–H and O–H groups in total. The highest BCUT2D eigenvalue weighted by molar-refractivity contribution is 7.16. The van der Waals surface area contributed by atoms with Crippen LogP contribution >= 0.6 is 11.3 Å². The summed E-state index contributed by atoms with van der Waals surface area (Å²) in [5.41, 5.74) is 10.9. The van der Waals surface area contributed by atoms with E-state index in [9.17, 15) is 0 Å². The van der Waals surface area contributed by atoms with Crippen molar-refractivity contribution in [1.29, 1.82) is 0 Å². The van der Waals surface area contributed by atoms with Gasteiger partial charge >= 0.3 is 0 Å². The lowest BCUT2D eigenvalue weighted by Crippen LogP contribution is -2.35. The van der Waals surface area contributed by atoms with E-state index in [0.29, 0.717) is 12.1 Å². The van der Waals surface area contributed by atoms with Crippen LogP contribution in [0.3, 0.4) is 0 Å². The third kappa shape index (κ3) is 37.1. The van der Waals surface area contributed by atoms with Crippen molar-refractivity contribution < 1.29 is 0 Å². The largest absolute Gasteiger partial charge is 0.370 e. The van der Waals surface area contributed by atoms with Gasteiger partial charge in [0.1, 0.15) is 5.82 Å². The summed E-state index contributed by atoms with van der Waals surface area (Å²) >= 11 is 1.92. The molecule has 2 aromatic carbocycles. The van der Waals surface area contributed by atoms with Crippen molar-refractivity contribution in [2.24, 2.45) is 0 Å². The summed E-state index contributed by atoms with van der Waals surface area (Å²) in [7, 11) is 0. The molecule has 132 heavy (non-hydrogen) atoms. The van der Waals surface area contributed by atoms with Crippen LogP contribution in [0.15, 0.2) is 148 Å². The van der Waals surface area contributed by atoms with Crippen molar-refractivity contribution in [3.05, 3.63) is 192 Å². The highest BCUT2D eigenvalue weighted by Gasteiger charge is 2.31. The minimum atomic E-state index is 0.674. The minimum Gasteiger partial charge on any atom is -0.370 e. The predicted octanol–water partition coefficient (Wildman–Crippen LogP) is 15.5. The van der Waals surface area contributed by atoms with Gasteiger partial charge in [-0.2, -0.15) is 0 Å². The van der Waals surface area contributed by atoms with Gasteiger partial charge in [-0.05, 0) is 245 Å². The van der Waals surface area contributed by atoms with Gasteiger partial charge in [0.25, 0.3) is 0 Å². The Morgan fingerprint density at radius 1 is 0.295 bits per heavy atom. The molecule has 9 aliphatic rings. The monoisotopic (exact) mass is 1830 g/mol. The fourth-order valence-corrected chi connectivity index (χ4v) is 18.7. The van der Waals surface area contributed by atoms with Crippen LogP contribution in [-0.2, 0) is 0 Å². The number of hydrogen-bond acceptors (Lipinski definition) is 27. The molecule has 1 aliphatic carbocycles. The molecule has 0 atom stereocenters. The number of aromatic nitrogens is 10. The van der Waals surface area contributed by atoms with Crippen molar-refractivity contribution in [3.63, 3.8) is 0 Å². The van der Waals surface area contributed by atoms with Gasteiger partial charge in [0, 0.05) is 287 Å². The molecule has 0 amide bonds. The summed E-state index contributed by atoms with van der Waals surface area (Å²) in [4.78, 5) is 84.5. The first-order chi connectivity index (χ1) is 64.1. The number of thiophene rings is 1. The zero-order valence-corrected chi connectivity index (χ0v) is 84.9. The maximum atomic E-state index is 4.44. The van der Waals surface area contributed by atoms with E-state index in [1.807, 2.05) is 120 Å². The van der Waals surface area contributed by atoms with Crippen molar-refractivity contribution in [1.82, 2.24) is 89.0 Å². The van der Waals surface area contributed by atoms with Crippen LogP contribution in [-0.4, -0.2) is 349 Å². The van der Waals surface area contributed by atoms with Gasteiger partial charge in [-0.3, -0.25) is 29.5 Å². The van der Waals surface area contributed by atoms with Crippen LogP contribution < -0.4 is 39.2 Å². The smallest absolute Gasteiger partial charge is 0.225 e. The lowest BCUT2D eigenvalue weighted by atomic mass is 10.2. The Morgan fingerprint density at radius 3 is 0.962 bits per heavy atom. The number of nitrogens with zero attached hydrogens (tertiary/aromatic N) is 26. The molecule has 8 aromatic rings. The summed E-state index contributed by atoms with van der Waals surface area (Å²) in [6, 6.07) is 24.6. The molecule has 14 heterocycles. The van der Waals surface area contributed by atoms with Crippen LogP contribution in [0.25, 0.3) is 0 Å². The van der Waals surface area contributed by atoms with E-state index in [-0.39, 0.29) is 0 Å². The van der Waals surface area contributed by atoms with Gasteiger partial charge in [0.15, 0.2) is 0 Å². The Bertz CT molecular complexity index is 4120. The zero-order valence-electron chi connectivity index (χ0n) is 84.1. The third-order valence-corrected chi connectivity index (χ3v) is 27.4. The molecule has 0 radical (unpaired) electrons. The van der Waals surface area contributed by atoms with Gasteiger partial charge in [0.05, 0.1) is 23.1 Å². The van der Waals surface area contributed by atoms with Crippen molar-refractivity contribution in [3.8, 4) is 0 Å². The topological polar surface area (TPSA) is 181 Å². The SMILES string of the molecule is C=CCN1CCCN(c2ncc(C)cn2)CC1.C=CCN1CCCN(c2ncc(C)cn2)CC1.CCN1CCCN(c2ccc(C)cc2)CC1.CCN1CCCN(c2cnc(C)cn2)CC1.CCN1CCCN(c2ncc(C)cn2)CC1.Cc1ccc(N2CCCN(C(C)C)CC2)cc1.Cc1ccc(N2CCCN(C(C)C)CC2)s1.Cc1cnc(N2CCCN(C3CC3)CC2)nc1. The van der Waals surface area contributed by atoms with Gasteiger partial charge in [-0.25, -0.2) is 44.9 Å². The second kappa shape index (κ2) is 57.7. The first-order valence-corrected chi connectivity index (χ1v) is 51.1. The molecule has 17 rings (SSSR count). The molecule has 26 nitrogen and oxygen atoms in total. The number of likely N-dealkylation sites (N-methyl/N-ethyl adjacent to an activating group) is 3. The molecule has 8 saturated heterocycles. The van der Waals surface area contributed by atoms with Crippen LogP contribution in [0.2, 0.25) is 0 Å². The number of hydrogen-bond donors (Lipinski definition) is 0. The maximum Gasteiger partial charge on any atom is 0.225 e. The quantitative estimate of drug-likeness (QED) is 0.0739. The Hall–Kier alpha value is -8.90. The molecule has 0 spiro atoms. The van der Waals surface area contributed by atoms with E-state index in [1.54, 1.807) is 0 Å². The van der Waals surface area contributed by atoms with Crippen LogP contribution in [0.4, 0.5) is 46.0 Å². The van der Waals surface area contributed by atoms with E-state index in [0.717, 1.165) is 220 Å². The molecule has 0 bridgehead atoms. The molecule has 724 valence electrons. The second-order valence-electron chi connectivity index (χ2n) is 37.5. The van der Waals surface area contributed by atoms with E-state index in [4.69, 9.17) is 0 Å². The van der Waals surface area contributed by atoms with E-state index < -0.39 is 0 Å². The summed E-state index contributed by atoms with van der Waals surface area (Å²) in [5.74, 6) is 4.51. The number of benzene rings is 2. The minimum absolute atomic E-state index is 0.674. The Morgan fingerprint density at radius 2 is 0.614 bits per heavy atom. The second-order valence-corrected chi connectivity index (χ2v) is 38.8. The molecule has 27 heteroatoms. The van der Waals surface area contributed by atoms with Gasteiger partial charge in [-0.1, -0.05) is 68.3 Å². The third-order valence-electron chi connectivity index (χ3n) is 26.3. The number of rotatable bonds is 18. The van der Waals surface area contributed by atoms with Crippen LogP contribution in [0.1, 0.15) is 157 Å². The van der Waals surface area contributed by atoms with E-state index in [2.05, 4.69) is 271 Å². The molecule has 9 fully saturated rings. The lowest BCUT2D eigenvalue weighted by molar-refractivity contribution is 0.238. The average molecular weight is 1830 g/mol. The standard InChI is InChI=1S/C15H24N2.C14H22N2.3C13H20N4.C13H22N2S.2C12H20N4/c1-13(2)16-9-4-10-17(12-11-16)15-7-5-14(3)6-8-15;1-3-15-9-4-10-16(12-11-15)14-7-5-13(2)6-8-14;1-11-9-14-13(15-10-11)17-6-2-5-16(7-8-17)12-3-4-12;2*1-3-5-16-6-4-7-17(9-8-16)13-14-10-12(2)11-15-13;1-11(2)14-7-4-8-15(10-9-14)13-6-5-12(3)16-13;1-3-15-5-4-6-16(8-7-15)12-10-13-11(2)9-14-12;1-3-15-5-4-6-16(8-7-15)12-13-9-11(2)10-14-12/h5-8,13H,4,9-12H2,1-3H3;5-8H,3-4,9-12H2,1-2H3;9-10,12H,2-8H2,1H3;2*3,10-11H,1,4-9H2,2H3;5-6,11H,4,7-10H2,1-3H3;2*9-10H,3-8H2,1-2H3. The molecule has 8 aliphatic heterocycles. The highest BCUT2D eigenvalue weighted by atomic mass is 32.1. The first-order valence-electron chi connectivity index (χ1n) is 50.3. The zero-order chi connectivity index (χ0) is 93.8. The van der Waals surface area contributed by atoms with Gasteiger partial charge in [-0.15, -0.1) is 24.5 Å². The molecular weight excluding hydrogens is 1660 g/mol. The molecule has 0 unspecified atom stereocenters. The molecule has 1 saturated carbocycles. The first kappa shape index (κ1) is 105. The van der Waals surface area contributed by atoms with E-state index >= 15 is 0 Å². The van der Waals surface area contributed by atoms with Crippen molar-refractivity contribution >= 4 is 57.3 Å². The summed E-state index contributed by atoms with van der Waals surface area (Å²) in [6.45, 7) is 81.7. The van der Waals surface area contributed by atoms with Gasteiger partial charge < -0.3 is 53.9 Å². The molecule has 6 aromatic heterocycles. The number of aryl methyl sites for hydroxylation is 8. The maximum absolute atomic E-state index is 4.44. The van der Waals surface area contributed by atoms with Crippen molar-refractivity contribution in [2.45, 2.75) is 186 Å². The Labute approximate surface area is 801 Å². The van der Waals surface area contributed by atoms with Crippen LogP contribution in [0, 0.1) is 55.4 Å². The summed E-state index contributed by atoms with van der Waals surface area (Å²) in [5, 5.41) is 1.45. The normalized spacial score (nSPS) is 18.9. The summed E-state index contributed by atoms with van der Waals surface area (Å²) in [6.07, 6.45) is 35.4. The predicted molar refractivity (Wildman–Crippen MR) is 558 cm³/mol. The van der Waals surface area contributed by atoms with Crippen molar-refractivity contribution in [2.75, 3.05) is 281 Å². The highest BCUT2D eigenvalue weighted by Crippen LogP contribution is 2.30. The fourth-order valence-electron chi connectivity index (χ4n) is 17.8. The Balaban J connectivity index is 0.000000157. The van der Waals surface area contributed by atoms with E-state index in [1.165, 1.54) is 182 Å². The van der Waals surface area contributed by atoms with Crippen LogP contribution in [0.5, 0.6) is 0 Å². The average Bonchev–Trinajstić information content (AvgIpc) is 1.73. The Kier molecular flexibility index (Phi) is 46.0. The number of anilines is 8. The molecular formula is C105H168N26S. The lowest BCUT2D eigenvalue weighted by Gasteiger charge is -2.25. The summed E-state index contributed by atoms with van der Waals surface area (Å²) < 4.78 is 0. The van der Waals surface area contributed by atoms with Gasteiger partial charge in [0.2, 0.25) is 23.8 Å². The fraction of sp³-hybridized carbons (Fsp3) is 0.619.